The highest BCUT2D eigenvalue weighted by Crippen LogP contribution is 2.26. The molecule has 1 aliphatic rings. The summed E-state index contributed by atoms with van der Waals surface area (Å²) in [6.07, 6.45) is 2.32. The number of rotatable bonds is 3. The minimum Gasteiger partial charge on any atom is -0.340 e. The molecule has 1 aliphatic heterocycles. The van der Waals surface area contributed by atoms with Gasteiger partial charge in [-0.25, -0.2) is 0 Å². The predicted octanol–water partition coefficient (Wildman–Crippen LogP) is 3.95. The lowest BCUT2D eigenvalue weighted by Crippen LogP contribution is -2.36. The van der Waals surface area contributed by atoms with Crippen LogP contribution in [0, 0.1) is 5.41 Å². The second kappa shape index (κ2) is 6.00. The van der Waals surface area contributed by atoms with Gasteiger partial charge in [0.25, 0.3) is 0 Å². The first-order valence-electron chi connectivity index (χ1n) is 7.39. The van der Waals surface area contributed by atoms with E-state index in [-0.39, 0.29) is 0 Å². The van der Waals surface area contributed by atoms with Crippen LogP contribution in [0.2, 0.25) is 0 Å². The highest BCUT2D eigenvalue weighted by Gasteiger charge is 2.21. The Morgan fingerprint density at radius 2 is 2.24 bits per heavy atom. The number of benzene rings is 1. The van der Waals surface area contributed by atoms with Crippen LogP contribution in [0.5, 0.6) is 0 Å². The van der Waals surface area contributed by atoms with Crippen molar-refractivity contribution < 1.29 is 0 Å². The molecule has 21 heavy (non-hydrogen) atoms. The van der Waals surface area contributed by atoms with Crippen LogP contribution in [0.15, 0.2) is 35.7 Å². The van der Waals surface area contributed by atoms with Crippen LogP contribution in [-0.4, -0.2) is 23.8 Å². The van der Waals surface area contributed by atoms with Gasteiger partial charge in [-0.3, -0.25) is 10.3 Å². The molecule has 0 aliphatic carbocycles. The average Bonchev–Trinajstić information content (AvgIpc) is 3.00. The van der Waals surface area contributed by atoms with Gasteiger partial charge in [0.1, 0.15) is 5.84 Å². The molecule has 2 aromatic rings. The van der Waals surface area contributed by atoms with Crippen molar-refractivity contribution in [3.63, 3.8) is 0 Å². The van der Waals surface area contributed by atoms with Gasteiger partial charge in [-0.2, -0.15) is 0 Å². The van der Waals surface area contributed by atoms with Gasteiger partial charge in [-0.15, -0.1) is 11.3 Å². The zero-order chi connectivity index (χ0) is 14.8. The Kier molecular flexibility index (Phi) is 4.08. The number of nitrogens with one attached hydrogen (secondary N) is 2. The lowest BCUT2D eigenvalue weighted by Gasteiger charge is -2.33. The van der Waals surface area contributed by atoms with Crippen molar-refractivity contribution in [2.24, 2.45) is 0 Å². The van der Waals surface area contributed by atoms with Crippen molar-refractivity contribution in [1.29, 1.82) is 5.41 Å². The SMILES string of the molecule is CCC1Cc2ccc(NC(=N)c3cccs3)cc2CN1C. The summed E-state index contributed by atoms with van der Waals surface area (Å²) in [4.78, 5) is 3.40. The minimum atomic E-state index is 0.473. The van der Waals surface area contributed by atoms with Crippen LogP contribution >= 0.6 is 11.3 Å². The molecule has 110 valence electrons. The third-order valence-corrected chi connectivity index (χ3v) is 5.10. The molecule has 4 heteroatoms. The fourth-order valence-electron chi connectivity index (χ4n) is 2.94. The van der Waals surface area contributed by atoms with E-state index in [1.165, 1.54) is 17.5 Å². The first kappa shape index (κ1) is 14.3. The van der Waals surface area contributed by atoms with E-state index in [2.05, 4.69) is 42.4 Å². The quantitative estimate of drug-likeness (QED) is 0.665. The molecular formula is C17H21N3S. The molecule has 0 radical (unpaired) electrons. The molecule has 0 fully saturated rings. The van der Waals surface area contributed by atoms with E-state index in [4.69, 9.17) is 5.41 Å². The molecular weight excluding hydrogens is 278 g/mol. The maximum atomic E-state index is 8.11. The molecule has 1 unspecified atom stereocenters. The third kappa shape index (κ3) is 3.01. The van der Waals surface area contributed by atoms with Gasteiger partial charge in [0.05, 0.1) is 4.88 Å². The second-order valence-corrected chi connectivity index (χ2v) is 6.59. The monoisotopic (exact) mass is 299 g/mol. The van der Waals surface area contributed by atoms with Crippen molar-refractivity contribution in [2.75, 3.05) is 12.4 Å². The van der Waals surface area contributed by atoms with E-state index in [1.54, 1.807) is 11.3 Å². The zero-order valence-electron chi connectivity index (χ0n) is 12.5. The third-order valence-electron chi connectivity index (χ3n) is 4.21. The molecule has 3 nitrogen and oxygen atoms in total. The highest BCUT2D eigenvalue weighted by atomic mass is 32.1. The topological polar surface area (TPSA) is 39.1 Å². The van der Waals surface area contributed by atoms with Gasteiger partial charge >= 0.3 is 0 Å². The van der Waals surface area contributed by atoms with Gasteiger partial charge in [0.2, 0.25) is 0 Å². The Morgan fingerprint density at radius 3 is 2.95 bits per heavy atom. The van der Waals surface area contributed by atoms with Crippen LogP contribution in [0.4, 0.5) is 5.69 Å². The smallest absolute Gasteiger partial charge is 0.140 e. The molecule has 0 spiro atoms. The van der Waals surface area contributed by atoms with Crippen LogP contribution in [0.25, 0.3) is 0 Å². The summed E-state index contributed by atoms with van der Waals surface area (Å²) in [5.74, 6) is 0.473. The number of anilines is 1. The molecule has 1 aromatic carbocycles. The first-order valence-corrected chi connectivity index (χ1v) is 8.27. The van der Waals surface area contributed by atoms with Gasteiger partial charge in [-0.1, -0.05) is 19.1 Å². The number of hydrogen-bond acceptors (Lipinski definition) is 3. The second-order valence-electron chi connectivity index (χ2n) is 5.64. The van der Waals surface area contributed by atoms with E-state index in [0.29, 0.717) is 11.9 Å². The number of amidine groups is 1. The summed E-state index contributed by atoms with van der Waals surface area (Å²) >= 11 is 1.59. The summed E-state index contributed by atoms with van der Waals surface area (Å²) in [5, 5.41) is 13.3. The maximum absolute atomic E-state index is 8.11. The minimum absolute atomic E-state index is 0.473. The summed E-state index contributed by atoms with van der Waals surface area (Å²) in [7, 11) is 2.20. The Bertz CT molecular complexity index is 633. The fraction of sp³-hybridized carbons (Fsp3) is 0.353. The van der Waals surface area contributed by atoms with E-state index in [1.807, 2.05) is 17.5 Å². The van der Waals surface area contributed by atoms with Gasteiger partial charge in [0.15, 0.2) is 0 Å². The van der Waals surface area contributed by atoms with Gasteiger partial charge < -0.3 is 5.32 Å². The van der Waals surface area contributed by atoms with Crippen molar-refractivity contribution in [3.05, 3.63) is 51.7 Å². The molecule has 0 saturated carbocycles. The molecule has 1 aromatic heterocycles. The van der Waals surface area contributed by atoms with E-state index >= 15 is 0 Å². The number of likely N-dealkylation sites (N-methyl/N-ethyl adjacent to an activating group) is 1. The Hall–Kier alpha value is -1.65. The van der Waals surface area contributed by atoms with Crippen molar-refractivity contribution in [1.82, 2.24) is 4.90 Å². The Morgan fingerprint density at radius 1 is 1.38 bits per heavy atom. The fourth-order valence-corrected chi connectivity index (χ4v) is 3.57. The van der Waals surface area contributed by atoms with Crippen LogP contribution in [0.3, 0.4) is 0 Å². The van der Waals surface area contributed by atoms with Crippen molar-refractivity contribution in [3.8, 4) is 0 Å². The predicted molar refractivity (Wildman–Crippen MR) is 90.5 cm³/mol. The summed E-state index contributed by atoms with van der Waals surface area (Å²) < 4.78 is 0. The number of hydrogen-bond donors (Lipinski definition) is 2. The maximum Gasteiger partial charge on any atom is 0.140 e. The van der Waals surface area contributed by atoms with Crippen LogP contribution in [0.1, 0.15) is 29.3 Å². The number of nitrogens with zero attached hydrogens (tertiary/aromatic N) is 1. The molecule has 2 heterocycles. The summed E-state index contributed by atoms with van der Waals surface area (Å²) in [6.45, 7) is 3.25. The van der Waals surface area contributed by atoms with E-state index < -0.39 is 0 Å². The summed E-state index contributed by atoms with van der Waals surface area (Å²) in [6, 6.07) is 11.1. The molecule has 0 amide bonds. The van der Waals surface area contributed by atoms with E-state index in [0.717, 1.165) is 23.5 Å². The molecule has 1 atom stereocenters. The van der Waals surface area contributed by atoms with Crippen LogP contribution < -0.4 is 5.32 Å². The molecule has 0 bridgehead atoms. The zero-order valence-corrected chi connectivity index (χ0v) is 13.3. The highest BCUT2D eigenvalue weighted by molar-refractivity contribution is 7.12. The average molecular weight is 299 g/mol. The number of thiophene rings is 1. The largest absolute Gasteiger partial charge is 0.340 e. The Balaban J connectivity index is 1.77. The van der Waals surface area contributed by atoms with Crippen molar-refractivity contribution >= 4 is 22.9 Å². The lowest BCUT2D eigenvalue weighted by atomic mass is 9.93. The molecule has 3 rings (SSSR count). The normalized spacial score (nSPS) is 18.3. The number of fused-ring (bicyclic) bond motifs is 1. The lowest BCUT2D eigenvalue weighted by molar-refractivity contribution is 0.210. The van der Waals surface area contributed by atoms with Gasteiger partial charge in [0, 0.05) is 18.3 Å². The molecule has 0 saturated heterocycles. The standard InChI is InChI=1S/C17H21N3S/c1-3-15-10-12-6-7-14(9-13(12)11-20(15)2)19-17(18)16-5-4-8-21-16/h4-9,15H,3,10-11H2,1-2H3,(H2,18,19). The first-order chi connectivity index (χ1) is 10.2. The Labute approximate surface area is 130 Å². The van der Waals surface area contributed by atoms with Crippen LogP contribution in [-0.2, 0) is 13.0 Å². The summed E-state index contributed by atoms with van der Waals surface area (Å²) in [5.41, 5.74) is 3.84. The van der Waals surface area contributed by atoms with Gasteiger partial charge in [-0.05, 0) is 54.6 Å². The van der Waals surface area contributed by atoms with Crippen molar-refractivity contribution in [2.45, 2.75) is 32.4 Å². The van der Waals surface area contributed by atoms with E-state index in [9.17, 15) is 0 Å². The molecule has 2 N–H and O–H groups in total.